The molecule has 0 radical (unpaired) electrons. The van der Waals surface area contributed by atoms with E-state index in [2.05, 4.69) is 43.3 Å². The van der Waals surface area contributed by atoms with Crippen LogP contribution in [0.5, 0.6) is 11.5 Å². The molecule has 0 unspecified atom stereocenters. The van der Waals surface area contributed by atoms with E-state index < -0.39 is 0 Å². The number of thiophene rings is 1. The second-order valence-electron chi connectivity index (χ2n) is 7.05. The minimum absolute atomic E-state index is 0.000378. The predicted molar refractivity (Wildman–Crippen MR) is 133 cm³/mol. The van der Waals surface area contributed by atoms with E-state index >= 15 is 0 Å². The third-order valence-electron chi connectivity index (χ3n) is 5.08. The average Bonchev–Trinajstić information content (AvgIpc) is 3.38. The molecule has 0 aliphatic carbocycles. The van der Waals surface area contributed by atoms with Gasteiger partial charge < -0.3 is 15.0 Å². The third-order valence-corrected chi connectivity index (χ3v) is 7.09. The smallest absolute Gasteiger partial charge is 0.174 e. The summed E-state index contributed by atoms with van der Waals surface area (Å²) in [5, 5.41) is 4.17. The van der Waals surface area contributed by atoms with Gasteiger partial charge in [-0.3, -0.25) is 4.98 Å². The number of para-hydroxylation sites is 1. The summed E-state index contributed by atoms with van der Waals surface area (Å²) in [5.41, 5.74) is 1.97. The Morgan fingerprint density at radius 1 is 0.903 bits per heavy atom. The van der Waals surface area contributed by atoms with Gasteiger partial charge in [0.15, 0.2) is 5.11 Å². The fourth-order valence-corrected chi connectivity index (χ4v) is 5.61. The van der Waals surface area contributed by atoms with Crippen molar-refractivity contribution in [2.75, 3.05) is 4.90 Å². The number of hydrogen-bond acceptors (Lipinski definition) is 4. The van der Waals surface area contributed by atoms with Crippen LogP contribution in [0.25, 0.3) is 0 Å². The highest BCUT2D eigenvalue weighted by Crippen LogP contribution is 2.44. The molecule has 0 spiro atoms. The predicted octanol–water partition coefficient (Wildman–Crippen LogP) is 6.88. The van der Waals surface area contributed by atoms with Crippen LogP contribution in [0.3, 0.4) is 0 Å². The molecular weight excluding hydrogens is 490 g/mol. The lowest BCUT2D eigenvalue weighted by Gasteiger charge is -2.27. The lowest BCUT2D eigenvalue weighted by atomic mass is 10.0. The minimum atomic E-state index is -0.0421. The van der Waals surface area contributed by atoms with Crippen LogP contribution in [0.1, 0.15) is 22.7 Å². The Kier molecular flexibility index (Phi) is 5.72. The summed E-state index contributed by atoms with van der Waals surface area (Å²) in [6.07, 6.45) is 1.82. The maximum atomic E-state index is 5.95. The van der Waals surface area contributed by atoms with Crippen LogP contribution >= 0.6 is 39.5 Å². The normalized spacial score (nSPS) is 18.1. The van der Waals surface area contributed by atoms with Crippen LogP contribution in [0, 0.1) is 0 Å². The molecule has 1 aliphatic heterocycles. The molecule has 1 saturated heterocycles. The summed E-state index contributed by atoms with van der Waals surface area (Å²) in [7, 11) is 0. The molecule has 0 bridgehead atoms. The van der Waals surface area contributed by atoms with Gasteiger partial charge in [0, 0.05) is 16.8 Å². The van der Waals surface area contributed by atoms with Gasteiger partial charge in [-0.25, -0.2) is 0 Å². The fraction of sp³-hybridized carbons (Fsp3) is 0.0833. The van der Waals surface area contributed by atoms with E-state index in [1.54, 1.807) is 11.3 Å². The van der Waals surface area contributed by atoms with Gasteiger partial charge in [0.05, 0.1) is 21.6 Å². The number of thiocarbonyl (C=S) groups is 1. The largest absolute Gasteiger partial charge is 0.457 e. The molecule has 2 aromatic carbocycles. The molecule has 31 heavy (non-hydrogen) atoms. The topological polar surface area (TPSA) is 37.4 Å². The van der Waals surface area contributed by atoms with Crippen molar-refractivity contribution in [2.24, 2.45) is 0 Å². The van der Waals surface area contributed by atoms with E-state index in [-0.39, 0.29) is 12.1 Å². The van der Waals surface area contributed by atoms with Gasteiger partial charge in [-0.2, -0.15) is 0 Å². The highest BCUT2D eigenvalue weighted by Gasteiger charge is 2.41. The van der Waals surface area contributed by atoms with Crippen LogP contribution < -0.4 is 15.0 Å². The number of pyridine rings is 1. The highest BCUT2D eigenvalue weighted by molar-refractivity contribution is 9.11. The fourth-order valence-electron chi connectivity index (χ4n) is 3.71. The Morgan fingerprint density at radius 3 is 2.32 bits per heavy atom. The molecule has 154 valence electrons. The van der Waals surface area contributed by atoms with Crippen molar-refractivity contribution in [2.45, 2.75) is 12.1 Å². The zero-order chi connectivity index (χ0) is 21.2. The summed E-state index contributed by atoms with van der Waals surface area (Å²) >= 11 is 11.1. The van der Waals surface area contributed by atoms with Crippen LogP contribution in [-0.4, -0.2) is 10.1 Å². The van der Waals surface area contributed by atoms with Crippen molar-refractivity contribution < 1.29 is 4.74 Å². The second kappa shape index (κ2) is 8.78. The first-order valence-corrected chi connectivity index (χ1v) is 11.8. The monoisotopic (exact) mass is 507 g/mol. The zero-order valence-electron chi connectivity index (χ0n) is 16.3. The van der Waals surface area contributed by atoms with Gasteiger partial charge in [0.25, 0.3) is 0 Å². The summed E-state index contributed by atoms with van der Waals surface area (Å²) < 4.78 is 7.04. The lowest BCUT2D eigenvalue weighted by Crippen LogP contribution is -2.28. The van der Waals surface area contributed by atoms with Crippen molar-refractivity contribution in [3.63, 3.8) is 0 Å². The van der Waals surface area contributed by atoms with E-state index in [9.17, 15) is 0 Å². The Labute approximate surface area is 198 Å². The molecule has 1 fully saturated rings. The third kappa shape index (κ3) is 4.21. The number of nitrogens with zero attached hydrogens (tertiary/aromatic N) is 2. The second-order valence-corrected chi connectivity index (χ2v) is 9.93. The van der Waals surface area contributed by atoms with Crippen LogP contribution in [-0.2, 0) is 0 Å². The SMILES string of the molecule is S=C1N[C@H](c2ccccn2)[C@H](c2ccc(Br)s2)N1c1ccc(Oc2ccccc2)cc1. The molecule has 1 aliphatic rings. The van der Waals surface area contributed by atoms with Crippen molar-refractivity contribution in [1.29, 1.82) is 0 Å². The first-order chi connectivity index (χ1) is 15.2. The Balaban J connectivity index is 1.48. The number of hydrogen-bond donors (Lipinski definition) is 1. The molecule has 5 rings (SSSR count). The standard InChI is InChI=1S/C24H18BrN3OS2/c25-21-14-13-20(31-21)23-22(19-8-4-5-15-26-19)27-24(30)28(23)16-9-11-18(12-10-16)29-17-6-2-1-3-7-17/h1-15,22-23H,(H,27,30)/t22-,23+/m1/s1. The van der Waals surface area contributed by atoms with Gasteiger partial charge >= 0.3 is 0 Å². The first-order valence-electron chi connectivity index (χ1n) is 9.78. The van der Waals surface area contributed by atoms with Crippen molar-refractivity contribution >= 4 is 50.3 Å². The van der Waals surface area contributed by atoms with E-state index in [1.807, 2.05) is 79.0 Å². The molecule has 3 heterocycles. The maximum absolute atomic E-state index is 5.95. The zero-order valence-corrected chi connectivity index (χ0v) is 19.5. The summed E-state index contributed by atoms with van der Waals surface area (Å²) in [6.45, 7) is 0. The number of benzene rings is 2. The van der Waals surface area contributed by atoms with Gasteiger partial charge in [-0.15, -0.1) is 11.3 Å². The quantitative estimate of drug-likeness (QED) is 0.298. The van der Waals surface area contributed by atoms with Crippen LogP contribution in [0.4, 0.5) is 5.69 Å². The molecule has 4 aromatic rings. The first kappa shape index (κ1) is 20.2. The molecule has 4 nitrogen and oxygen atoms in total. The van der Waals surface area contributed by atoms with E-state index in [0.29, 0.717) is 5.11 Å². The molecule has 2 atom stereocenters. The molecule has 7 heteroatoms. The van der Waals surface area contributed by atoms with Gasteiger partial charge in [-0.1, -0.05) is 24.3 Å². The highest BCUT2D eigenvalue weighted by atomic mass is 79.9. The Morgan fingerprint density at radius 2 is 1.65 bits per heavy atom. The number of anilines is 1. The number of nitrogens with one attached hydrogen (secondary N) is 1. The van der Waals surface area contributed by atoms with Gasteiger partial charge in [0.1, 0.15) is 11.5 Å². The van der Waals surface area contributed by atoms with Crippen molar-refractivity contribution in [1.82, 2.24) is 10.3 Å². The van der Waals surface area contributed by atoms with Gasteiger partial charge in [0.2, 0.25) is 0 Å². The van der Waals surface area contributed by atoms with E-state index in [0.717, 1.165) is 26.7 Å². The lowest BCUT2D eigenvalue weighted by molar-refractivity contribution is 0.482. The minimum Gasteiger partial charge on any atom is -0.457 e. The number of halogens is 1. The molecule has 2 aromatic heterocycles. The van der Waals surface area contributed by atoms with E-state index in [4.69, 9.17) is 17.0 Å². The molecule has 1 N–H and O–H groups in total. The Hall–Kier alpha value is -2.74. The van der Waals surface area contributed by atoms with Crippen LogP contribution in [0.2, 0.25) is 0 Å². The molecular formula is C24H18BrN3OS2. The van der Waals surface area contributed by atoms with Crippen LogP contribution in [0.15, 0.2) is 94.9 Å². The molecule has 0 saturated carbocycles. The van der Waals surface area contributed by atoms with Gasteiger partial charge in [-0.05, 0) is 88.8 Å². The summed E-state index contributed by atoms with van der Waals surface area (Å²) in [4.78, 5) is 7.96. The van der Waals surface area contributed by atoms with E-state index in [1.165, 1.54) is 4.88 Å². The number of rotatable bonds is 5. The maximum Gasteiger partial charge on any atom is 0.174 e. The Bertz CT molecular complexity index is 1180. The summed E-state index contributed by atoms with van der Waals surface area (Å²) in [6, 6.07) is 27.9. The average molecular weight is 508 g/mol. The van der Waals surface area contributed by atoms with Crippen molar-refractivity contribution in [3.8, 4) is 11.5 Å². The number of aromatic nitrogens is 1. The summed E-state index contributed by atoms with van der Waals surface area (Å²) in [5.74, 6) is 1.59. The van der Waals surface area contributed by atoms with Crippen molar-refractivity contribution in [3.05, 3.63) is 105 Å². The number of ether oxygens (including phenoxy) is 1. The molecule has 0 amide bonds.